The van der Waals surface area contributed by atoms with E-state index < -0.39 is 11.6 Å². The minimum Gasteiger partial charge on any atom is -0.495 e. The zero-order chi connectivity index (χ0) is 12.0. The van der Waals surface area contributed by atoms with Gasteiger partial charge in [0.25, 0.3) is 0 Å². The average Bonchev–Trinajstić information content (AvgIpc) is 2.97. The van der Waals surface area contributed by atoms with E-state index in [1.807, 2.05) is 0 Å². The Morgan fingerprint density at radius 2 is 2.00 bits per heavy atom. The quantitative estimate of drug-likeness (QED) is 0.843. The van der Waals surface area contributed by atoms with Crippen LogP contribution < -0.4 is 10.5 Å². The van der Waals surface area contributed by atoms with Gasteiger partial charge < -0.3 is 10.5 Å². The largest absolute Gasteiger partial charge is 0.495 e. The average molecular weight is 233 g/mol. The number of methoxy groups -OCH3 is 1. The minimum absolute atomic E-state index is 0.0193. The van der Waals surface area contributed by atoms with Gasteiger partial charge in [0.15, 0.2) is 0 Å². The normalized spacial score (nSPS) is 18.2. The molecule has 1 aromatic heterocycles. The molecule has 0 saturated heterocycles. The van der Waals surface area contributed by atoms with Gasteiger partial charge in [-0.2, -0.15) is 13.2 Å². The molecule has 1 aliphatic rings. The molecular weight excluding hydrogens is 223 g/mol. The van der Waals surface area contributed by atoms with Crippen LogP contribution in [0, 0.1) is 0 Å². The Balaban J connectivity index is 2.49. The third kappa shape index (κ3) is 1.46. The molecule has 0 bridgehead atoms. The van der Waals surface area contributed by atoms with Crippen LogP contribution in [0.1, 0.15) is 18.5 Å². The number of anilines is 1. The number of hydrogen-bond donors (Lipinski definition) is 1. The van der Waals surface area contributed by atoms with E-state index in [2.05, 4.69) is 10.2 Å². The van der Waals surface area contributed by atoms with Gasteiger partial charge in [-0.25, -0.2) is 0 Å². The zero-order valence-electron chi connectivity index (χ0n) is 8.51. The van der Waals surface area contributed by atoms with Crippen molar-refractivity contribution in [2.24, 2.45) is 0 Å². The van der Waals surface area contributed by atoms with E-state index in [-0.39, 0.29) is 30.1 Å². The minimum atomic E-state index is -4.33. The van der Waals surface area contributed by atoms with Crippen LogP contribution in [0.2, 0.25) is 0 Å². The summed E-state index contributed by atoms with van der Waals surface area (Å²) in [6.07, 6.45) is -4.29. The van der Waals surface area contributed by atoms with E-state index in [0.717, 1.165) is 0 Å². The maximum atomic E-state index is 12.8. The van der Waals surface area contributed by atoms with Crippen LogP contribution in [0.3, 0.4) is 0 Å². The second-order valence-corrected chi connectivity index (χ2v) is 3.77. The smallest absolute Gasteiger partial charge is 0.400 e. The van der Waals surface area contributed by atoms with Gasteiger partial charge in [-0.3, -0.25) is 0 Å². The summed E-state index contributed by atoms with van der Waals surface area (Å²) in [5.41, 5.74) is 3.28. The monoisotopic (exact) mass is 233 g/mol. The van der Waals surface area contributed by atoms with Crippen molar-refractivity contribution in [1.29, 1.82) is 0 Å². The Morgan fingerprint density at radius 1 is 1.38 bits per heavy atom. The first-order valence-corrected chi connectivity index (χ1v) is 4.65. The van der Waals surface area contributed by atoms with Crippen molar-refractivity contribution in [3.63, 3.8) is 0 Å². The molecule has 1 saturated carbocycles. The van der Waals surface area contributed by atoms with E-state index in [4.69, 9.17) is 10.5 Å². The third-order valence-corrected chi connectivity index (χ3v) is 2.74. The number of nitrogens with two attached hydrogens (primary N) is 1. The second kappa shape index (κ2) is 3.23. The molecule has 0 aliphatic heterocycles. The summed E-state index contributed by atoms with van der Waals surface area (Å²) in [5, 5.41) is 6.98. The molecule has 1 aromatic rings. The summed E-state index contributed by atoms with van der Waals surface area (Å²) in [6.45, 7) is 0. The van der Waals surface area contributed by atoms with Gasteiger partial charge in [-0.1, -0.05) is 0 Å². The fraction of sp³-hybridized carbons (Fsp3) is 0.556. The lowest BCUT2D eigenvalue weighted by Crippen LogP contribution is -2.30. The van der Waals surface area contributed by atoms with Crippen molar-refractivity contribution in [1.82, 2.24) is 10.2 Å². The molecule has 0 atom stereocenters. The Hall–Kier alpha value is -1.53. The van der Waals surface area contributed by atoms with E-state index >= 15 is 0 Å². The molecule has 0 spiro atoms. The molecular formula is C9H10F3N3O. The fourth-order valence-electron chi connectivity index (χ4n) is 1.66. The standard InChI is InChI=1S/C9H10F3N3O/c1-16-5-4-6(13)14-15-7(5)8(2-3-8)9(10,11)12/h4H,2-3H2,1H3,(H2,13,14). The summed E-state index contributed by atoms with van der Waals surface area (Å²) in [4.78, 5) is 0. The molecule has 0 radical (unpaired) electrons. The Bertz CT molecular complexity index is 415. The van der Waals surface area contributed by atoms with E-state index in [9.17, 15) is 13.2 Å². The molecule has 2 N–H and O–H groups in total. The Morgan fingerprint density at radius 3 is 2.44 bits per heavy atom. The first-order valence-electron chi connectivity index (χ1n) is 4.65. The molecule has 88 valence electrons. The summed E-state index contributed by atoms with van der Waals surface area (Å²) in [7, 11) is 1.28. The summed E-state index contributed by atoms with van der Waals surface area (Å²) < 4.78 is 43.4. The highest BCUT2D eigenvalue weighted by atomic mass is 19.4. The topological polar surface area (TPSA) is 61.0 Å². The van der Waals surface area contributed by atoms with Crippen molar-refractivity contribution in [3.8, 4) is 5.75 Å². The van der Waals surface area contributed by atoms with Gasteiger partial charge >= 0.3 is 6.18 Å². The SMILES string of the molecule is COc1cc(N)nnc1C1(C(F)(F)F)CC1. The number of alkyl halides is 3. The zero-order valence-corrected chi connectivity index (χ0v) is 8.51. The summed E-state index contributed by atoms with van der Waals surface area (Å²) in [6, 6.07) is 1.26. The van der Waals surface area contributed by atoms with Crippen LogP contribution in [0.4, 0.5) is 19.0 Å². The predicted octanol–water partition coefficient (Wildman–Crippen LogP) is 1.66. The number of nitrogens with zero attached hydrogens (tertiary/aromatic N) is 2. The molecule has 0 amide bonds. The highest BCUT2D eigenvalue weighted by Gasteiger charge is 2.66. The van der Waals surface area contributed by atoms with E-state index in [1.165, 1.54) is 13.2 Å². The molecule has 0 unspecified atom stereocenters. The highest BCUT2D eigenvalue weighted by molar-refractivity contribution is 5.44. The van der Waals surface area contributed by atoms with Gasteiger partial charge in [-0.05, 0) is 12.8 Å². The number of rotatable bonds is 2. The van der Waals surface area contributed by atoms with Crippen molar-refractivity contribution in [2.75, 3.05) is 12.8 Å². The number of halogens is 3. The highest BCUT2D eigenvalue weighted by Crippen LogP contribution is 2.60. The molecule has 7 heteroatoms. The fourth-order valence-corrected chi connectivity index (χ4v) is 1.66. The Kier molecular flexibility index (Phi) is 2.21. The lowest BCUT2D eigenvalue weighted by molar-refractivity contribution is -0.162. The molecule has 4 nitrogen and oxygen atoms in total. The van der Waals surface area contributed by atoms with Gasteiger partial charge in [0, 0.05) is 6.07 Å². The van der Waals surface area contributed by atoms with Crippen LogP contribution >= 0.6 is 0 Å². The van der Waals surface area contributed by atoms with Crippen molar-refractivity contribution >= 4 is 5.82 Å². The molecule has 16 heavy (non-hydrogen) atoms. The number of hydrogen-bond acceptors (Lipinski definition) is 4. The number of aromatic nitrogens is 2. The maximum absolute atomic E-state index is 12.8. The Labute approximate surface area is 89.6 Å². The van der Waals surface area contributed by atoms with Gasteiger partial charge in [0.05, 0.1) is 7.11 Å². The van der Waals surface area contributed by atoms with Crippen LogP contribution in [0.15, 0.2) is 6.07 Å². The first-order chi connectivity index (χ1) is 7.40. The third-order valence-electron chi connectivity index (χ3n) is 2.74. The van der Waals surface area contributed by atoms with Gasteiger partial charge in [-0.15, -0.1) is 10.2 Å². The van der Waals surface area contributed by atoms with Crippen LogP contribution in [-0.2, 0) is 5.41 Å². The van der Waals surface area contributed by atoms with Crippen LogP contribution in [0.5, 0.6) is 5.75 Å². The number of nitrogen functional groups attached to an aromatic ring is 1. The summed E-state index contributed by atoms with van der Waals surface area (Å²) >= 11 is 0. The molecule has 0 aromatic carbocycles. The number of ether oxygens (including phenoxy) is 1. The predicted molar refractivity (Wildman–Crippen MR) is 50.0 cm³/mol. The first kappa shape index (κ1) is 11.0. The lowest BCUT2D eigenvalue weighted by atomic mass is 10.0. The van der Waals surface area contributed by atoms with Gasteiger partial charge in [0.1, 0.15) is 22.7 Å². The lowest BCUT2D eigenvalue weighted by Gasteiger charge is -2.19. The second-order valence-electron chi connectivity index (χ2n) is 3.77. The molecule has 2 rings (SSSR count). The molecule has 1 fully saturated rings. The molecule has 1 aliphatic carbocycles. The molecule has 1 heterocycles. The van der Waals surface area contributed by atoms with Crippen molar-refractivity contribution in [3.05, 3.63) is 11.8 Å². The van der Waals surface area contributed by atoms with Crippen LogP contribution in [0.25, 0.3) is 0 Å². The van der Waals surface area contributed by atoms with E-state index in [0.29, 0.717) is 0 Å². The van der Waals surface area contributed by atoms with E-state index in [1.54, 1.807) is 0 Å². The van der Waals surface area contributed by atoms with Crippen molar-refractivity contribution < 1.29 is 17.9 Å². The van der Waals surface area contributed by atoms with Crippen LogP contribution in [-0.4, -0.2) is 23.5 Å². The summed E-state index contributed by atoms with van der Waals surface area (Å²) in [5.74, 6) is 0.0842. The van der Waals surface area contributed by atoms with Crippen molar-refractivity contribution in [2.45, 2.75) is 24.4 Å². The van der Waals surface area contributed by atoms with Gasteiger partial charge in [0.2, 0.25) is 0 Å². The maximum Gasteiger partial charge on any atom is 0.400 e.